The number of para-hydroxylation sites is 1. The molecule has 3 amide bonds. The van der Waals surface area contributed by atoms with E-state index < -0.39 is 0 Å². The van der Waals surface area contributed by atoms with Crippen molar-refractivity contribution in [2.24, 2.45) is 0 Å². The SMILES string of the molecule is Nc1noc2c(OCCN3CCOCC3)ccc(C(=O)Nc3cccc(CNC(=O)Nc4ccccc4)c3)c12. The van der Waals surface area contributed by atoms with Gasteiger partial charge in [0.05, 0.1) is 24.2 Å². The summed E-state index contributed by atoms with van der Waals surface area (Å²) in [5, 5.41) is 12.7. The normalized spacial score (nSPS) is 13.6. The Morgan fingerprint density at radius 2 is 1.77 bits per heavy atom. The molecule has 0 atom stereocenters. The predicted octanol–water partition coefficient (Wildman–Crippen LogP) is 3.70. The van der Waals surface area contributed by atoms with Crippen LogP contribution in [0.1, 0.15) is 15.9 Å². The maximum Gasteiger partial charge on any atom is 0.319 e. The van der Waals surface area contributed by atoms with Crippen LogP contribution >= 0.6 is 0 Å². The van der Waals surface area contributed by atoms with Gasteiger partial charge in [0.15, 0.2) is 11.6 Å². The molecule has 0 aliphatic carbocycles. The van der Waals surface area contributed by atoms with Crippen molar-refractivity contribution < 1.29 is 23.6 Å². The first-order valence-corrected chi connectivity index (χ1v) is 12.7. The summed E-state index contributed by atoms with van der Waals surface area (Å²) in [5.41, 5.74) is 8.78. The molecule has 2 heterocycles. The summed E-state index contributed by atoms with van der Waals surface area (Å²) in [6.07, 6.45) is 0. The Kier molecular flexibility index (Phi) is 8.20. The quantitative estimate of drug-likeness (QED) is 0.256. The van der Waals surface area contributed by atoms with Crippen LogP contribution in [0, 0.1) is 0 Å². The van der Waals surface area contributed by atoms with Gasteiger partial charge in [-0.2, -0.15) is 0 Å². The van der Waals surface area contributed by atoms with Gasteiger partial charge < -0.3 is 35.7 Å². The highest BCUT2D eigenvalue weighted by atomic mass is 16.5. The summed E-state index contributed by atoms with van der Waals surface area (Å²) in [6, 6.07) is 19.4. The molecule has 4 aromatic rings. The summed E-state index contributed by atoms with van der Waals surface area (Å²) >= 11 is 0. The summed E-state index contributed by atoms with van der Waals surface area (Å²) in [5.74, 6) is 0.207. The zero-order valence-corrected chi connectivity index (χ0v) is 21.3. The zero-order valence-electron chi connectivity index (χ0n) is 21.3. The van der Waals surface area contributed by atoms with E-state index in [1.165, 1.54) is 0 Å². The molecule has 11 nitrogen and oxygen atoms in total. The molecular formula is C28H30N6O5. The van der Waals surface area contributed by atoms with Crippen LogP contribution in [0.15, 0.2) is 71.3 Å². The Labute approximate surface area is 225 Å². The Bertz CT molecular complexity index is 1440. The van der Waals surface area contributed by atoms with E-state index >= 15 is 0 Å². The standard InChI is InChI=1S/C28H30N6O5/c29-26-24-22(9-10-23(25(24)39-33-26)38-16-13-34-11-14-37-15-12-34)27(35)31-21-8-4-5-19(17-21)18-30-28(36)32-20-6-2-1-3-7-20/h1-10,17H,11-16,18H2,(H2,29,33)(H,31,35)(H2,30,32,36). The minimum atomic E-state index is -0.373. The van der Waals surface area contributed by atoms with Crippen LogP contribution in [0.3, 0.4) is 0 Å². The van der Waals surface area contributed by atoms with Crippen LogP contribution in [0.4, 0.5) is 22.0 Å². The number of urea groups is 1. The molecule has 1 aromatic heterocycles. The van der Waals surface area contributed by atoms with Crippen molar-refractivity contribution >= 4 is 40.1 Å². The number of ether oxygens (including phenoxy) is 2. The average Bonchev–Trinajstić information content (AvgIpc) is 3.35. The van der Waals surface area contributed by atoms with E-state index in [2.05, 4.69) is 26.0 Å². The number of nitrogens with one attached hydrogen (secondary N) is 3. The highest BCUT2D eigenvalue weighted by Gasteiger charge is 2.21. The fourth-order valence-corrected chi connectivity index (χ4v) is 4.30. The lowest BCUT2D eigenvalue weighted by molar-refractivity contribution is 0.0322. The van der Waals surface area contributed by atoms with E-state index in [4.69, 9.17) is 19.7 Å². The van der Waals surface area contributed by atoms with Gasteiger partial charge in [-0.1, -0.05) is 35.5 Å². The van der Waals surface area contributed by atoms with Crippen molar-refractivity contribution in [3.63, 3.8) is 0 Å². The van der Waals surface area contributed by atoms with Crippen molar-refractivity contribution in [3.05, 3.63) is 77.9 Å². The van der Waals surface area contributed by atoms with Crippen molar-refractivity contribution in [2.45, 2.75) is 6.54 Å². The van der Waals surface area contributed by atoms with Crippen LogP contribution in [0.5, 0.6) is 5.75 Å². The van der Waals surface area contributed by atoms with E-state index in [0.717, 1.165) is 38.4 Å². The Balaban J connectivity index is 1.21. The second kappa shape index (κ2) is 12.3. The molecule has 1 aliphatic rings. The molecule has 0 spiro atoms. The van der Waals surface area contributed by atoms with Crippen molar-refractivity contribution in [1.82, 2.24) is 15.4 Å². The second-order valence-electron chi connectivity index (χ2n) is 9.01. The number of nitrogens with two attached hydrogens (primary N) is 1. The molecule has 202 valence electrons. The molecule has 5 rings (SSSR count). The van der Waals surface area contributed by atoms with Crippen molar-refractivity contribution in [2.75, 3.05) is 55.8 Å². The first-order chi connectivity index (χ1) is 19.1. The third kappa shape index (κ3) is 6.64. The van der Waals surface area contributed by atoms with E-state index in [0.29, 0.717) is 40.3 Å². The maximum atomic E-state index is 13.2. The lowest BCUT2D eigenvalue weighted by Gasteiger charge is -2.26. The lowest BCUT2D eigenvalue weighted by atomic mass is 10.1. The van der Waals surface area contributed by atoms with E-state index in [9.17, 15) is 9.59 Å². The Morgan fingerprint density at radius 1 is 0.974 bits per heavy atom. The minimum Gasteiger partial charge on any atom is -0.488 e. The molecule has 0 saturated carbocycles. The number of benzene rings is 3. The van der Waals surface area contributed by atoms with Gasteiger partial charge in [0, 0.05) is 37.6 Å². The molecule has 1 aliphatic heterocycles. The lowest BCUT2D eigenvalue weighted by Crippen LogP contribution is -2.38. The number of amides is 3. The Hall–Kier alpha value is -4.61. The smallest absolute Gasteiger partial charge is 0.319 e. The van der Waals surface area contributed by atoms with Gasteiger partial charge in [-0.3, -0.25) is 9.69 Å². The van der Waals surface area contributed by atoms with Crippen molar-refractivity contribution in [3.8, 4) is 5.75 Å². The molecule has 3 aromatic carbocycles. The summed E-state index contributed by atoms with van der Waals surface area (Å²) in [4.78, 5) is 27.7. The van der Waals surface area contributed by atoms with Gasteiger partial charge in [0.1, 0.15) is 6.61 Å². The number of nitrogens with zero attached hydrogens (tertiary/aromatic N) is 2. The van der Waals surface area contributed by atoms with Crippen LogP contribution in [0.2, 0.25) is 0 Å². The summed E-state index contributed by atoms with van der Waals surface area (Å²) < 4.78 is 16.7. The number of morpholine rings is 1. The molecular weight excluding hydrogens is 500 g/mol. The van der Waals surface area contributed by atoms with Gasteiger partial charge in [-0.25, -0.2) is 4.79 Å². The van der Waals surface area contributed by atoms with Crippen LogP contribution in [-0.4, -0.2) is 61.4 Å². The fourth-order valence-electron chi connectivity index (χ4n) is 4.30. The molecule has 0 radical (unpaired) electrons. The van der Waals surface area contributed by atoms with Crippen LogP contribution in [-0.2, 0) is 11.3 Å². The third-order valence-corrected chi connectivity index (χ3v) is 6.30. The number of carbonyl (C=O) groups is 2. The van der Waals surface area contributed by atoms with Gasteiger partial charge >= 0.3 is 6.03 Å². The predicted molar refractivity (Wildman–Crippen MR) is 148 cm³/mol. The average molecular weight is 531 g/mol. The van der Waals surface area contributed by atoms with E-state index in [1.807, 2.05) is 24.3 Å². The number of anilines is 3. The van der Waals surface area contributed by atoms with Gasteiger partial charge in [-0.15, -0.1) is 0 Å². The molecule has 0 unspecified atom stereocenters. The summed E-state index contributed by atoms with van der Waals surface area (Å²) in [6.45, 7) is 4.64. The minimum absolute atomic E-state index is 0.108. The molecule has 5 N–H and O–H groups in total. The van der Waals surface area contributed by atoms with Crippen LogP contribution in [0.25, 0.3) is 11.0 Å². The number of hydrogen-bond acceptors (Lipinski definition) is 8. The third-order valence-electron chi connectivity index (χ3n) is 6.30. The molecule has 11 heteroatoms. The number of fused-ring (bicyclic) bond motifs is 1. The monoisotopic (exact) mass is 530 g/mol. The van der Waals surface area contributed by atoms with Gasteiger partial charge in [-0.05, 0) is 42.0 Å². The number of nitrogen functional groups attached to an aromatic ring is 1. The maximum absolute atomic E-state index is 13.2. The largest absolute Gasteiger partial charge is 0.488 e. The zero-order chi connectivity index (χ0) is 27.0. The van der Waals surface area contributed by atoms with Crippen LogP contribution < -0.4 is 26.4 Å². The molecule has 39 heavy (non-hydrogen) atoms. The number of hydrogen-bond donors (Lipinski definition) is 4. The van der Waals surface area contributed by atoms with E-state index in [1.54, 1.807) is 42.5 Å². The fraction of sp³-hybridized carbons (Fsp3) is 0.250. The number of rotatable bonds is 9. The van der Waals surface area contributed by atoms with Gasteiger partial charge in [0.2, 0.25) is 5.58 Å². The Morgan fingerprint density at radius 3 is 2.59 bits per heavy atom. The highest BCUT2D eigenvalue weighted by Crippen LogP contribution is 2.33. The number of carbonyl (C=O) groups excluding carboxylic acids is 2. The van der Waals surface area contributed by atoms with E-state index in [-0.39, 0.29) is 24.3 Å². The first kappa shape index (κ1) is 26.0. The van der Waals surface area contributed by atoms with Crippen molar-refractivity contribution in [1.29, 1.82) is 0 Å². The molecule has 1 fully saturated rings. The summed E-state index contributed by atoms with van der Waals surface area (Å²) in [7, 11) is 0. The first-order valence-electron chi connectivity index (χ1n) is 12.7. The highest BCUT2D eigenvalue weighted by molar-refractivity contribution is 6.15. The molecule has 0 bridgehead atoms. The number of aromatic nitrogens is 1. The molecule has 1 saturated heterocycles. The second-order valence-corrected chi connectivity index (χ2v) is 9.01. The topological polar surface area (TPSA) is 144 Å². The van der Waals surface area contributed by atoms with Gasteiger partial charge in [0.25, 0.3) is 5.91 Å².